The van der Waals surface area contributed by atoms with Crippen molar-refractivity contribution < 1.29 is 13.2 Å². The van der Waals surface area contributed by atoms with Crippen molar-refractivity contribution in [3.05, 3.63) is 28.6 Å². The second-order valence-corrected chi connectivity index (χ2v) is 5.51. The quantitative estimate of drug-likeness (QED) is 0.473. The second kappa shape index (κ2) is 7.35. The molecular formula is C14H14F3N3S. The van der Waals surface area contributed by atoms with Crippen molar-refractivity contribution in [1.82, 2.24) is 4.90 Å². The van der Waals surface area contributed by atoms with Crippen LogP contribution in [0.4, 0.5) is 13.2 Å². The fourth-order valence-electron chi connectivity index (χ4n) is 1.94. The van der Waals surface area contributed by atoms with Crippen molar-refractivity contribution in [1.29, 1.82) is 10.5 Å². The highest BCUT2D eigenvalue weighted by Crippen LogP contribution is 2.34. The highest BCUT2D eigenvalue weighted by atomic mass is 32.2. The Morgan fingerprint density at radius 3 is 1.90 bits per heavy atom. The number of halogens is 3. The molecule has 0 saturated heterocycles. The lowest BCUT2D eigenvalue weighted by molar-refractivity contribution is 0.296. The molecule has 0 N–H and O–H groups in total. The van der Waals surface area contributed by atoms with Crippen LogP contribution >= 0.6 is 11.8 Å². The number of benzene rings is 1. The Hall–Kier alpha value is -1.70. The molecule has 3 nitrogen and oxygen atoms in total. The van der Waals surface area contributed by atoms with E-state index in [9.17, 15) is 13.2 Å². The molecule has 0 aliphatic heterocycles. The van der Waals surface area contributed by atoms with E-state index in [2.05, 4.69) is 0 Å². The normalized spacial score (nSPS) is 12.0. The van der Waals surface area contributed by atoms with E-state index < -0.39 is 33.5 Å². The first-order valence-electron chi connectivity index (χ1n) is 6.34. The zero-order valence-electron chi connectivity index (χ0n) is 11.9. The monoisotopic (exact) mass is 313 g/mol. The van der Waals surface area contributed by atoms with Crippen LogP contribution < -0.4 is 0 Å². The zero-order valence-corrected chi connectivity index (χ0v) is 12.7. The topological polar surface area (TPSA) is 50.8 Å². The van der Waals surface area contributed by atoms with Crippen molar-refractivity contribution in [2.24, 2.45) is 0 Å². The number of hydrogen-bond donors (Lipinski definition) is 0. The number of rotatable bonds is 5. The predicted octanol–water partition coefficient (Wildman–Crippen LogP) is 3.63. The third-order valence-corrected chi connectivity index (χ3v) is 4.35. The van der Waals surface area contributed by atoms with Gasteiger partial charge in [0.1, 0.15) is 23.3 Å². The van der Waals surface area contributed by atoms with Gasteiger partial charge in [-0.25, -0.2) is 13.2 Å². The summed E-state index contributed by atoms with van der Waals surface area (Å²) in [4.78, 5) is 1.36. The largest absolute Gasteiger partial charge is 0.292 e. The van der Waals surface area contributed by atoms with Crippen LogP contribution in [0.2, 0.25) is 0 Å². The summed E-state index contributed by atoms with van der Waals surface area (Å²) < 4.78 is 41.9. The van der Waals surface area contributed by atoms with Gasteiger partial charge in [-0.15, -0.1) is 11.8 Å². The first kappa shape index (κ1) is 17.4. The molecule has 0 radical (unpaired) electrons. The van der Waals surface area contributed by atoms with Gasteiger partial charge in [-0.05, 0) is 20.0 Å². The minimum Gasteiger partial charge on any atom is -0.292 e. The van der Waals surface area contributed by atoms with E-state index in [1.807, 2.05) is 18.7 Å². The first-order chi connectivity index (χ1) is 9.92. The molecule has 0 amide bonds. The fourth-order valence-corrected chi connectivity index (χ4v) is 3.12. The molecule has 1 aromatic carbocycles. The van der Waals surface area contributed by atoms with Gasteiger partial charge in [0.2, 0.25) is 0 Å². The van der Waals surface area contributed by atoms with Gasteiger partial charge in [-0.3, -0.25) is 4.90 Å². The van der Waals surface area contributed by atoms with Gasteiger partial charge >= 0.3 is 0 Å². The molecule has 1 unspecified atom stereocenters. The lowest BCUT2D eigenvalue weighted by atomic mass is 10.1. The highest BCUT2D eigenvalue weighted by Gasteiger charge is 2.27. The van der Waals surface area contributed by atoms with Crippen LogP contribution in [0.5, 0.6) is 0 Å². The van der Waals surface area contributed by atoms with Crippen molar-refractivity contribution in [2.45, 2.75) is 31.0 Å². The minimum atomic E-state index is -1.48. The van der Waals surface area contributed by atoms with E-state index in [-0.39, 0.29) is 5.37 Å². The van der Waals surface area contributed by atoms with Crippen LogP contribution in [-0.2, 0) is 0 Å². The maximum Gasteiger partial charge on any atom is 0.179 e. The number of nitriles is 2. The summed E-state index contributed by atoms with van der Waals surface area (Å²) in [5.41, 5.74) is -1.65. The van der Waals surface area contributed by atoms with E-state index in [0.29, 0.717) is 13.1 Å². The Morgan fingerprint density at radius 1 is 1.00 bits per heavy atom. The van der Waals surface area contributed by atoms with Crippen LogP contribution in [-0.4, -0.2) is 23.4 Å². The van der Waals surface area contributed by atoms with Crippen molar-refractivity contribution in [3.63, 3.8) is 0 Å². The molecule has 0 spiro atoms. The molecule has 112 valence electrons. The Morgan fingerprint density at radius 2 is 1.48 bits per heavy atom. The van der Waals surface area contributed by atoms with Crippen LogP contribution in [0, 0.1) is 40.1 Å². The van der Waals surface area contributed by atoms with Crippen LogP contribution in [0.15, 0.2) is 4.90 Å². The average molecular weight is 313 g/mol. The molecule has 0 heterocycles. The van der Waals surface area contributed by atoms with Gasteiger partial charge in [0.15, 0.2) is 17.5 Å². The Bertz CT molecular complexity index is 616. The van der Waals surface area contributed by atoms with Crippen LogP contribution in [0.25, 0.3) is 0 Å². The van der Waals surface area contributed by atoms with E-state index >= 15 is 0 Å². The summed E-state index contributed by atoms with van der Waals surface area (Å²) in [7, 11) is 0. The standard InChI is InChI=1S/C14H14F3N3S/c1-4-20(5-2)8(3)21-14-12(16)10(7-19)9(6-18)11(15)13(14)17/h8H,4-5H2,1-3H3. The summed E-state index contributed by atoms with van der Waals surface area (Å²) >= 11 is 0.792. The van der Waals surface area contributed by atoms with E-state index in [1.54, 1.807) is 6.92 Å². The highest BCUT2D eigenvalue weighted by molar-refractivity contribution is 7.99. The van der Waals surface area contributed by atoms with E-state index in [4.69, 9.17) is 10.5 Å². The predicted molar refractivity (Wildman–Crippen MR) is 74.0 cm³/mol. The fraction of sp³-hybridized carbons (Fsp3) is 0.429. The molecule has 1 atom stereocenters. The van der Waals surface area contributed by atoms with E-state index in [1.165, 1.54) is 12.1 Å². The average Bonchev–Trinajstić information content (AvgIpc) is 2.48. The lowest BCUT2D eigenvalue weighted by Gasteiger charge is -2.26. The SMILES string of the molecule is CCN(CC)C(C)Sc1c(F)c(F)c(C#N)c(C#N)c1F. The first-order valence-corrected chi connectivity index (χ1v) is 7.22. The smallest absolute Gasteiger partial charge is 0.179 e. The van der Waals surface area contributed by atoms with Crippen molar-refractivity contribution >= 4 is 11.8 Å². The number of nitrogens with zero attached hydrogens (tertiary/aromatic N) is 3. The Kier molecular flexibility index (Phi) is 6.07. The minimum absolute atomic E-state index is 0.303. The van der Waals surface area contributed by atoms with Gasteiger partial charge in [-0.1, -0.05) is 13.8 Å². The Labute approximate surface area is 126 Å². The maximum absolute atomic E-state index is 14.2. The van der Waals surface area contributed by atoms with Crippen molar-refractivity contribution in [2.75, 3.05) is 13.1 Å². The molecule has 1 aromatic rings. The third-order valence-electron chi connectivity index (χ3n) is 3.12. The van der Waals surface area contributed by atoms with Gasteiger partial charge in [0, 0.05) is 0 Å². The molecule has 0 saturated carbocycles. The van der Waals surface area contributed by atoms with E-state index in [0.717, 1.165) is 11.8 Å². The summed E-state index contributed by atoms with van der Waals surface area (Å²) in [6.07, 6.45) is 0. The second-order valence-electron chi connectivity index (χ2n) is 4.18. The number of thioether (sulfide) groups is 1. The molecule has 1 rings (SSSR count). The maximum atomic E-state index is 14.2. The van der Waals surface area contributed by atoms with Gasteiger partial charge in [0.25, 0.3) is 0 Å². The van der Waals surface area contributed by atoms with Crippen molar-refractivity contribution in [3.8, 4) is 12.1 Å². The summed E-state index contributed by atoms with van der Waals surface area (Å²) in [5.74, 6) is -4.09. The Balaban J connectivity index is 3.36. The lowest BCUT2D eigenvalue weighted by Crippen LogP contribution is -2.30. The molecule has 0 aliphatic rings. The van der Waals surface area contributed by atoms with Gasteiger partial charge in [-0.2, -0.15) is 10.5 Å². The molecular weight excluding hydrogens is 299 g/mol. The zero-order chi connectivity index (χ0) is 16.2. The molecule has 0 aromatic heterocycles. The molecule has 0 aliphatic carbocycles. The van der Waals surface area contributed by atoms with Gasteiger partial charge < -0.3 is 0 Å². The summed E-state index contributed by atoms with van der Waals surface area (Å²) in [6.45, 7) is 6.86. The molecule has 21 heavy (non-hydrogen) atoms. The molecule has 0 bridgehead atoms. The molecule has 7 heteroatoms. The number of hydrogen-bond acceptors (Lipinski definition) is 4. The third kappa shape index (κ3) is 3.31. The van der Waals surface area contributed by atoms with Gasteiger partial charge in [0.05, 0.1) is 10.3 Å². The summed E-state index contributed by atoms with van der Waals surface area (Å²) in [6, 6.07) is 2.75. The summed E-state index contributed by atoms with van der Waals surface area (Å²) in [5, 5.41) is 17.3. The van der Waals surface area contributed by atoms with Crippen LogP contribution in [0.3, 0.4) is 0 Å². The van der Waals surface area contributed by atoms with Crippen LogP contribution in [0.1, 0.15) is 31.9 Å². The molecule has 0 fully saturated rings.